The van der Waals surface area contributed by atoms with Gasteiger partial charge in [0.25, 0.3) is 0 Å². The highest BCUT2D eigenvalue weighted by Gasteiger charge is 2.19. The van der Waals surface area contributed by atoms with Crippen molar-refractivity contribution in [1.82, 2.24) is 10.2 Å². The van der Waals surface area contributed by atoms with Crippen LogP contribution in [0, 0.1) is 6.92 Å². The number of amides is 1. The zero-order valence-corrected chi connectivity index (χ0v) is 13.6. The van der Waals surface area contributed by atoms with Crippen LogP contribution in [-0.4, -0.2) is 43.5 Å². The molecule has 1 saturated heterocycles. The molecule has 1 aromatic rings. The van der Waals surface area contributed by atoms with Gasteiger partial charge in [0.1, 0.15) is 0 Å². The molecule has 1 amide bonds. The largest absolute Gasteiger partial charge is 0.362 e. The maximum Gasteiger partial charge on any atom is 0.241 e. The number of likely N-dealkylation sites (N-methyl/N-ethyl adjacent to an activating group) is 1. The highest BCUT2D eigenvalue weighted by atomic mass is 16.2. The van der Waals surface area contributed by atoms with Crippen LogP contribution in [0.25, 0.3) is 0 Å². The minimum atomic E-state index is 0.204. The molecule has 4 heteroatoms. The van der Waals surface area contributed by atoms with Crippen molar-refractivity contribution in [2.24, 2.45) is 0 Å². The first kappa shape index (κ1) is 15.8. The molecule has 1 aliphatic rings. The van der Waals surface area contributed by atoms with Gasteiger partial charge in [-0.1, -0.05) is 19.9 Å². The Morgan fingerprint density at radius 1 is 1.29 bits per heavy atom. The number of hydrogen-bond donors (Lipinski definition) is 1. The van der Waals surface area contributed by atoms with E-state index < -0.39 is 0 Å². The summed E-state index contributed by atoms with van der Waals surface area (Å²) in [7, 11) is 1.89. The van der Waals surface area contributed by atoms with Gasteiger partial charge in [-0.2, -0.15) is 0 Å². The van der Waals surface area contributed by atoms with E-state index in [4.69, 9.17) is 0 Å². The van der Waals surface area contributed by atoms with Crippen LogP contribution < -0.4 is 10.2 Å². The van der Waals surface area contributed by atoms with Crippen LogP contribution in [0.1, 0.15) is 31.4 Å². The van der Waals surface area contributed by atoms with Crippen LogP contribution in [0.2, 0.25) is 0 Å². The first-order valence-electron chi connectivity index (χ1n) is 7.79. The highest BCUT2D eigenvalue weighted by Crippen LogP contribution is 2.21. The number of carbonyl (C=O) groups is 1. The van der Waals surface area contributed by atoms with E-state index in [0.717, 1.165) is 31.7 Å². The Morgan fingerprint density at radius 2 is 2.05 bits per heavy atom. The smallest absolute Gasteiger partial charge is 0.241 e. The molecule has 116 valence electrons. The molecule has 1 aromatic carbocycles. The van der Waals surface area contributed by atoms with Crippen LogP contribution in [-0.2, 0) is 11.3 Å². The first-order chi connectivity index (χ1) is 9.97. The molecule has 0 radical (unpaired) electrons. The number of nitrogens with zero attached hydrogens (tertiary/aromatic N) is 2. The molecular weight excluding hydrogens is 262 g/mol. The Kier molecular flexibility index (Phi) is 5.23. The average Bonchev–Trinajstić information content (AvgIpc) is 2.59. The van der Waals surface area contributed by atoms with Crippen molar-refractivity contribution in [2.75, 3.05) is 31.6 Å². The van der Waals surface area contributed by atoms with Crippen molar-refractivity contribution in [2.45, 2.75) is 39.8 Å². The second kappa shape index (κ2) is 6.94. The Balaban J connectivity index is 2.10. The molecule has 0 bridgehead atoms. The molecule has 1 aliphatic heterocycles. The zero-order valence-electron chi connectivity index (χ0n) is 13.6. The topological polar surface area (TPSA) is 35.6 Å². The summed E-state index contributed by atoms with van der Waals surface area (Å²) in [6, 6.07) is 7.01. The number of aryl methyl sites for hydroxylation is 1. The third kappa shape index (κ3) is 4.21. The summed E-state index contributed by atoms with van der Waals surface area (Å²) in [6.07, 6.45) is 1.03. The van der Waals surface area contributed by atoms with Crippen LogP contribution >= 0.6 is 0 Å². The standard InChI is InChI=1S/C17H27N3O/c1-13(2)18-11-15-6-7-16(10-14(15)3)20-9-5-8-19(4)17(21)12-20/h6-7,10,13,18H,5,8-9,11-12H2,1-4H3. The Hall–Kier alpha value is -1.55. The molecule has 0 atom stereocenters. The Labute approximate surface area is 128 Å². The van der Waals surface area contributed by atoms with E-state index in [-0.39, 0.29) is 5.91 Å². The van der Waals surface area contributed by atoms with Gasteiger partial charge in [-0.25, -0.2) is 0 Å². The number of anilines is 1. The molecule has 0 aliphatic carbocycles. The molecule has 0 spiro atoms. The lowest BCUT2D eigenvalue weighted by Gasteiger charge is -2.23. The van der Waals surface area contributed by atoms with Gasteiger partial charge in [0.2, 0.25) is 5.91 Å². The number of carbonyl (C=O) groups excluding carboxylic acids is 1. The Morgan fingerprint density at radius 3 is 2.71 bits per heavy atom. The average molecular weight is 289 g/mol. The van der Waals surface area contributed by atoms with Gasteiger partial charge in [-0.05, 0) is 36.6 Å². The molecular formula is C17H27N3O. The van der Waals surface area contributed by atoms with Crippen molar-refractivity contribution in [1.29, 1.82) is 0 Å². The van der Waals surface area contributed by atoms with Crippen molar-refractivity contribution < 1.29 is 4.79 Å². The summed E-state index contributed by atoms with van der Waals surface area (Å²) < 4.78 is 0. The highest BCUT2D eigenvalue weighted by molar-refractivity contribution is 5.81. The lowest BCUT2D eigenvalue weighted by atomic mass is 10.1. The fourth-order valence-corrected chi connectivity index (χ4v) is 2.60. The van der Waals surface area contributed by atoms with Crippen molar-refractivity contribution in [3.05, 3.63) is 29.3 Å². The number of rotatable bonds is 4. The van der Waals surface area contributed by atoms with E-state index in [1.165, 1.54) is 11.1 Å². The van der Waals surface area contributed by atoms with Crippen molar-refractivity contribution in [3.63, 3.8) is 0 Å². The maximum absolute atomic E-state index is 12.0. The summed E-state index contributed by atoms with van der Waals surface area (Å²) in [6.45, 7) is 9.63. The predicted molar refractivity (Wildman–Crippen MR) is 87.6 cm³/mol. The van der Waals surface area contributed by atoms with Gasteiger partial charge in [0.05, 0.1) is 6.54 Å². The maximum atomic E-state index is 12.0. The van der Waals surface area contributed by atoms with Crippen molar-refractivity contribution in [3.8, 4) is 0 Å². The third-order valence-corrected chi connectivity index (χ3v) is 4.07. The van der Waals surface area contributed by atoms with Gasteiger partial charge >= 0.3 is 0 Å². The molecule has 4 nitrogen and oxygen atoms in total. The molecule has 0 unspecified atom stereocenters. The summed E-state index contributed by atoms with van der Waals surface area (Å²) >= 11 is 0. The second-order valence-corrected chi connectivity index (χ2v) is 6.24. The number of hydrogen-bond acceptors (Lipinski definition) is 3. The SMILES string of the molecule is Cc1cc(N2CCCN(C)C(=O)C2)ccc1CNC(C)C. The minimum absolute atomic E-state index is 0.204. The van der Waals surface area contributed by atoms with E-state index in [9.17, 15) is 4.79 Å². The van der Waals surface area contributed by atoms with E-state index >= 15 is 0 Å². The minimum Gasteiger partial charge on any atom is -0.362 e. The fraction of sp³-hybridized carbons (Fsp3) is 0.588. The normalized spacial score (nSPS) is 16.5. The van der Waals surface area contributed by atoms with Gasteiger partial charge in [0, 0.05) is 38.4 Å². The van der Waals surface area contributed by atoms with E-state index in [1.54, 1.807) is 0 Å². The number of nitrogens with one attached hydrogen (secondary N) is 1. The summed E-state index contributed by atoms with van der Waals surface area (Å²) in [4.78, 5) is 16.0. The molecule has 1 N–H and O–H groups in total. The quantitative estimate of drug-likeness (QED) is 0.922. The predicted octanol–water partition coefficient (Wildman–Crippen LogP) is 2.16. The molecule has 2 rings (SSSR count). The van der Waals surface area contributed by atoms with Crippen molar-refractivity contribution >= 4 is 11.6 Å². The van der Waals surface area contributed by atoms with E-state index in [2.05, 4.69) is 49.2 Å². The molecule has 1 fully saturated rings. The monoisotopic (exact) mass is 289 g/mol. The van der Waals surface area contributed by atoms with E-state index in [1.807, 2.05) is 11.9 Å². The summed E-state index contributed by atoms with van der Waals surface area (Å²) in [5.74, 6) is 0.204. The van der Waals surface area contributed by atoms with Gasteiger partial charge < -0.3 is 15.1 Å². The lowest BCUT2D eigenvalue weighted by Crippen LogP contribution is -2.34. The van der Waals surface area contributed by atoms with Gasteiger partial charge in [-0.15, -0.1) is 0 Å². The molecule has 0 aromatic heterocycles. The molecule has 1 heterocycles. The second-order valence-electron chi connectivity index (χ2n) is 6.24. The number of benzene rings is 1. The van der Waals surface area contributed by atoms with E-state index in [0.29, 0.717) is 12.6 Å². The zero-order chi connectivity index (χ0) is 15.4. The fourth-order valence-electron chi connectivity index (χ4n) is 2.60. The van der Waals surface area contributed by atoms with Crippen LogP contribution in [0.3, 0.4) is 0 Å². The summed E-state index contributed by atoms with van der Waals surface area (Å²) in [5, 5.41) is 3.45. The van der Waals surface area contributed by atoms with Gasteiger partial charge in [0.15, 0.2) is 0 Å². The van der Waals surface area contributed by atoms with Crippen LogP contribution in [0.15, 0.2) is 18.2 Å². The lowest BCUT2D eigenvalue weighted by molar-refractivity contribution is -0.127. The third-order valence-electron chi connectivity index (χ3n) is 4.07. The van der Waals surface area contributed by atoms with Gasteiger partial charge in [-0.3, -0.25) is 4.79 Å². The van der Waals surface area contributed by atoms with Crippen LogP contribution in [0.5, 0.6) is 0 Å². The Bertz CT molecular complexity index is 499. The molecule has 21 heavy (non-hydrogen) atoms. The molecule has 0 saturated carbocycles. The first-order valence-corrected chi connectivity index (χ1v) is 7.79. The summed E-state index contributed by atoms with van der Waals surface area (Å²) in [5.41, 5.74) is 3.76. The van der Waals surface area contributed by atoms with Crippen LogP contribution in [0.4, 0.5) is 5.69 Å².